The first-order valence-electron chi connectivity index (χ1n) is 14.0. The summed E-state index contributed by atoms with van der Waals surface area (Å²) in [5.41, 5.74) is 2.38. The molecule has 0 unspecified atom stereocenters. The summed E-state index contributed by atoms with van der Waals surface area (Å²) in [7, 11) is 0. The van der Waals surface area contributed by atoms with E-state index in [0.717, 1.165) is 37.3 Å². The summed E-state index contributed by atoms with van der Waals surface area (Å²) in [5.74, 6) is 0.639. The van der Waals surface area contributed by atoms with E-state index in [1.54, 1.807) is 9.47 Å². The van der Waals surface area contributed by atoms with E-state index in [-0.39, 0.29) is 17.0 Å². The van der Waals surface area contributed by atoms with Gasteiger partial charge in [-0.25, -0.2) is 0 Å². The van der Waals surface area contributed by atoms with Crippen LogP contribution >= 0.6 is 24.0 Å². The topological polar surface area (TPSA) is 81.8 Å². The minimum absolute atomic E-state index is 0.126. The standard InChI is InChI=1S/C30H37N5O3S2/c1-4-6-13-34-27(33-17-15-32(16-18-33)23-11-8-7-9-12-23)24(22(3)25(21-31)28(34)36)20-26-29(37)35(30(39)40-26)14-10-19-38-5-2/h7-9,11-12,20H,4-6,10,13-19H2,1-3H3/b26-20-. The average molecular weight is 580 g/mol. The number of para-hydroxylation sites is 1. The Labute approximate surface area is 246 Å². The Bertz CT molecular complexity index is 1360. The molecule has 2 aromatic rings. The Morgan fingerprint density at radius 2 is 1.75 bits per heavy atom. The van der Waals surface area contributed by atoms with Crippen molar-refractivity contribution in [3.05, 3.63) is 62.3 Å². The number of hydrogen-bond acceptors (Lipinski definition) is 8. The van der Waals surface area contributed by atoms with Crippen molar-refractivity contribution in [3.63, 3.8) is 0 Å². The number of carbonyl (C=O) groups excluding carboxylic acids is 1. The van der Waals surface area contributed by atoms with Crippen LogP contribution < -0.4 is 15.4 Å². The van der Waals surface area contributed by atoms with Gasteiger partial charge < -0.3 is 14.5 Å². The second-order valence-corrected chi connectivity index (χ2v) is 11.5. The van der Waals surface area contributed by atoms with Crippen LogP contribution in [-0.4, -0.2) is 65.6 Å². The molecule has 8 nitrogen and oxygen atoms in total. The van der Waals surface area contributed by atoms with Crippen molar-refractivity contribution in [2.24, 2.45) is 0 Å². The fourth-order valence-corrected chi connectivity index (χ4v) is 6.41. The van der Waals surface area contributed by atoms with Crippen LogP contribution in [0, 0.1) is 18.3 Å². The molecule has 0 bridgehead atoms. The number of amides is 1. The number of anilines is 2. The van der Waals surface area contributed by atoms with Gasteiger partial charge >= 0.3 is 0 Å². The minimum atomic E-state index is -0.269. The number of carbonyl (C=O) groups is 1. The highest BCUT2D eigenvalue weighted by molar-refractivity contribution is 8.26. The van der Waals surface area contributed by atoms with Crippen LogP contribution in [-0.2, 0) is 16.1 Å². The molecule has 2 saturated heterocycles. The van der Waals surface area contributed by atoms with Crippen molar-refractivity contribution in [1.82, 2.24) is 9.47 Å². The molecule has 1 aromatic heterocycles. The van der Waals surface area contributed by atoms with E-state index in [1.807, 2.05) is 38.1 Å². The summed E-state index contributed by atoms with van der Waals surface area (Å²) in [5, 5.41) is 9.96. The molecular formula is C30H37N5O3S2. The maximum absolute atomic E-state index is 13.6. The van der Waals surface area contributed by atoms with Crippen LogP contribution in [0.3, 0.4) is 0 Å². The number of nitriles is 1. The minimum Gasteiger partial charge on any atom is -0.382 e. The van der Waals surface area contributed by atoms with Gasteiger partial charge in [0.2, 0.25) is 0 Å². The molecule has 2 aliphatic heterocycles. The van der Waals surface area contributed by atoms with Crippen molar-refractivity contribution < 1.29 is 9.53 Å². The maximum atomic E-state index is 13.6. The van der Waals surface area contributed by atoms with Crippen LogP contribution in [0.25, 0.3) is 6.08 Å². The van der Waals surface area contributed by atoms with Crippen LogP contribution in [0.1, 0.15) is 49.8 Å². The monoisotopic (exact) mass is 579 g/mol. The zero-order chi connectivity index (χ0) is 28.6. The fourth-order valence-electron chi connectivity index (χ4n) is 5.12. The van der Waals surface area contributed by atoms with Gasteiger partial charge in [-0.3, -0.25) is 19.1 Å². The number of piperazine rings is 1. The zero-order valence-corrected chi connectivity index (χ0v) is 25.2. The van der Waals surface area contributed by atoms with Crippen molar-refractivity contribution in [2.75, 3.05) is 55.7 Å². The van der Waals surface area contributed by atoms with Gasteiger partial charge in [0, 0.05) is 63.7 Å². The Morgan fingerprint density at radius 1 is 1.05 bits per heavy atom. The number of ether oxygens (including phenoxy) is 1. The first kappa shape index (κ1) is 29.8. The molecule has 0 aliphatic carbocycles. The molecule has 1 aromatic carbocycles. The summed E-state index contributed by atoms with van der Waals surface area (Å²) in [6.07, 6.45) is 4.27. The number of rotatable bonds is 11. The first-order chi connectivity index (χ1) is 19.4. The zero-order valence-electron chi connectivity index (χ0n) is 23.5. The smallest absolute Gasteiger partial charge is 0.270 e. The van der Waals surface area contributed by atoms with Gasteiger partial charge in [-0.05, 0) is 50.5 Å². The quantitative estimate of drug-likeness (QED) is 0.214. The third-order valence-corrected chi connectivity index (χ3v) is 8.68. The summed E-state index contributed by atoms with van der Waals surface area (Å²) in [6, 6.07) is 12.5. The SMILES string of the molecule is CCCCn1c(N2CCN(c3ccccc3)CC2)c(/C=C2\SC(=S)N(CCCOCC)C2=O)c(C)c(C#N)c1=O. The number of thioether (sulfide) groups is 1. The summed E-state index contributed by atoms with van der Waals surface area (Å²) in [4.78, 5) is 33.7. The molecule has 0 saturated carbocycles. The predicted octanol–water partition coefficient (Wildman–Crippen LogP) is 4.78. The number of thiocarbonyl (C=S) groups is 1. The van der Waals surface area contributed by atoms with Crippen LogP contribution in [0.2, 0.25) is 0 Å². The molecular weight excluding hydrogens is 542 g/mol. The Hall–Kier alpha value is -3.13. The molecule has 1 amide bonds. The number of unbranched alkanes of at least 4 members (excludes halogenated alkanes) is 1. The largest absolute Gasteiger partial charge is 0.382 e. The lowest BCUT2D eigenvalue weighted by Gasteiger charge is -2.39. The van der Waals surface area contributed by atoms with Gasteiger partial charge in [-0.1, -0.05) is 55.5 Å². The van der Waals surface area contributed by atoms with Gasteiger partial charge in [0.05, 0.1) is 4.91 Å². The van der Waals surface area contributed by atoms with E-state index in [4.69, 9.17) is 17.0 Å². The summed E-state index contributed by atoms with van der Waals surface area (Å²) >= 11 is 6.83. The van der Waals surface area contributed by atoms with E-state index >= 15 is 0 Å². The Kier molecular flexibility index (Phi) is 10.4. The molecule has 0 radical (unpaired) electrons. The molecule has 2 fully saturated rings. The second-order valence-electron chi connectivity index (χ2n) is 9.85. The molecule has 4 rings (SSSR count). The van der Waals surface area contributed by atoms with E-state index in [9.17, 15) is 14.9 Å². The molecule has 0 spiro atoms. The summed E-state index contributed by atoms with van der Waals surface area (Å²) in [6.45, 7) is 11.1. The number of pyridine rings is 1. The Morgan fingerprint density at radius 3 is 2.40 bits per heavy atom. The van der Waals surface area contributed by atoms with Crippen molar-refractivity contribution in [1.29, 1.82) is 5.26 Å². The van der Waals surface area contributed by atoms with E-state index < -0.39 is 0 Å². The van der Waals surface area contributed by atoms with Crippen molar-refractivity contribution in [3.8, 4) is 6.07 Å². The van der Waals surface area contributed by atoms with Crippen LogP contribution in [0.5, 0.6) is 0 Å². The van der Waals surface area contributed by atoms with Crippen LogP contribution in [0.15, 0.2) is 40.0 Å². The molecule has 0 atom stereocenters. The number of benzene rings is 1. The number of nitrogens with zero attached hydrogens (tertiary/aromatic N) is 5. The average Bonchev–Trinajstić information content (AvgIpc) is 3.24. The van der Waals surface area contributed by atoms with Gasteiger partial charge in [0.15, 0.2) is 0 Å². The van der Waals surface area contributed by atoms with Crippen molar-refractivity contribution >= 4 is 51.8 Å². The maximum Gasteiger partial charge on any atom is 0.270 e. The predicted molar refractivity (Wildman–Crippen MR) is 167 cm³/mol. The lowest BCUT2D eigenvalue weighted by atomic mass is 10.0. The lowest BCUT2D eigenvalue weighted by Crippen LogP contribution is -2.48. The highest BCUT2D eigenvalue weighted by Crippen LogP contribution is 2.36. The Balaban J connectivity index is 1.73. The number of aromatic nitrogens is 1. The highest BCUT2D eigenvalue weighted by atomic mass is 32.2. The third-order valence-electron chi connectivity index (χ3n) is 7.31. The first-order valence-corrected chi connectivity index (χ1v) is 15.2. The van der Waals surface area contributed by atoms with E-state index in [0.29, 0.717) is 60.6 Å². The highest BCUT2D eigenvalue weighted by Gasteiger charge is 2.33. The van der Waals surface area contributed by atoms with Gasteiger partial charge in [-0.2, -0.15) is 5.26 Å². The fraction of sp³-hybridized carbons (Fsp3) is 0.467. The van der Waals surface area contributed by atoms with Gasteiger partial charge in [0.25, 0.3) is 11.5 Å². The van der Waals surface area contributed by atoms with Crippen molar-refractivity contribution in [2.45, 2.75) is 46.6 Å². The molecule has 212 valence electrons. The van der Waals surface area contributed by atoms with E-state index in [1.165, 1.54) is 17.4 Å². The molecule has 0 N–H and O–H groups in total. The van der Waals surface area contributed by atoms with Gasteiger partial charge in [-0.15, -0.1) is 0 Å². The van der Waals surface area contributed by atoms with Gasteiger partial charge in [0.1, 0.15) is 21.8 Å². The molecule has 40 heavy (non-hydrogen) atoms. The molecule has 3 heterocycles. The number of hydrogen-bond donors (Lipinski definition) is 0. The summed E-state index contributed by atoms with van der Waals surface area (Å²) < 4.78 is 7.70. The van der Waals surface area contributed by atoms with Crippen LogP contribution in [0.4, 0.5) is 11.5 Å². The third kappa shape index (κ3) is 6.43. The lowest BCUT2D eigenvalue weighted by molar-refractivity contribution is -0.122. The molecule has 10 heteroatoms. The second kappa shape index (κ2) is 14.0. The molecule has 2 aliphatic rings. The normalized spacial score (nSPS) is 16.8. The van der Waals surface area contributed by atoms with E-state index in [2.05, 4.69) is 34.9 Å².